The Balaban J connectivity index is 1.43. The third kappa shape index (κ3) is 9.62. The lowest BCUT2D eigenvalue weighted by Crippen LogP contribution is -2.03. The van der Waals surface area contributed by atoms with Crippen LogP contribution in [0.3, 0.4) is 0 Å². The zero-order valence-corrected chi connectivity index (χ0v) is 21.2. The van der Waals surface area contributed by atoms with Gasteiger partial charge in [-0.2, -0.15) is 4.98 Å². The molecule has 0 fully saturated rings. The number of hydrogen-bond acceptors (Lipinski definition) is 5. The Hall–Kier alpha value is -1.40. The summed E-state index contributed by atoms with van der Waals surface area (Å²) in [4.78, 5) is 23.9. The summed E-state index contributed by atoms with van der Waals surface area (Å²) in [6.45, 7) is 5.19. The van der Waals surface area contributed by atoms with Gasteiger partial charge in [-0.3, -0.25) is 4.79 Å². The first-order valence-electron chi connectivity index (χ1n) is 12.2. The second kappa shape index (κ2) is 15.4. The van der Waals surface area contributed by atoms with Crippen LogP contribution in [0, 0.1) is 6.92 Å². The molecule has 0 bridgehead atoms. The van der Waals surface area contributed by atoms with Crippen molar-refractivity contribution in [1.82, 2.24) is 19.5 Å². The number of esters is 1. The maximum atomic E-state index is 11.3. The highest BCUT2D eigenvalue weighted by Gasteiger charge is 2.14. The van der Waals surface area contributed by atoms with Crippen LogP contribution < -0.4 is 0 Å². The van der Waals surface area contributed by atoms with Gasteiger partial charge in [-0.05, 0) is 38.3 Å². The Morgan fingerprint density at radius 2 is 1.34 bits per heavy atom. The first-order chi connectivity index (χ1) is 15.5. The van der Waals surface area contributed by atoms with E-state index < -0.39 is 0 Å². The van der Waals surface area contributed by atoms with E-state index >= 15 is 0 Å². The number of carbonyl (C=O) groups excluding carboxylic acids is 1. The number of carbonyl (C=O) groups is 1. The molecule has 0 atom stereocenters. The van der Waals surface area contributed by atoms with Gasteiger partial charge in [0.1, 0.15) is 11.3 Å². The van der Waals surface area contributed by atoms with Crippen molar-refractivity contribution >= 4 is 40.3 Å². The molecule has 2 aromatic heterocycles. The molecule has 0 N–H and O–H groups in total. The van der Waals surface area contributed by atoms with Gasteiger partial charge in [-0.1, -0.05) is 82.2 Å². The molecule has 32 heavy (non-hydrogen) atoms. The van der Waals surface area contributed by atoms with E-state index in [1.807, 2.05) is 13.8 Å². The van der Waals surface area contributed by atoms with Crippen molar-refractivity contribution < 1.29 is 9.53 Å². The number of rotatable bonds is 17. The number of hydrogen-bond donors (Lipinski definition) is 0. The van der Waals surface area contributed by atoms with E-state index in [0.717, 1.165) is 37.1 Å². The number of ether oxygens (including phenoxy) is 1. The van der Waals surface area contributed by atoms with Crippen molar-refractivity contribution in [3.05, 3.63) is 16.3 Å². The average molecular weight is 486 g/mol. The summed E-state index contributed by atoms with van der Waals surface area (Å²) in [7, 11) is 0. The molecule has 180 valence electrons. The predicted octanol–water partition coefficient (Wildman–Crippen LogP) is 7.47. The van der Waals surface area contributed by atoms with Crippen molar-refractivity contribution in [2.45, 2.75) is 110 Å². The lowest BCUT2D eigenvalue weighted by molar-refractivity contribution is -0.143. The Morgan fingerprint density at radius 3 is 1.91 bits per heavy atom. The Kier molecular flexibility index (Phi) is 13.0. The van der Waals surface area contributed by atoms with Crippen LogP contribution in [-0.2, 0) is 16.1 Å². The number of nitrogens with zero attached hydrogens (tertiary/aromatic N) is 4. The molecule has 0 aliphatic rings. The van der Waals surface area contributed by atoms with Gasteiger partial charge >= 0.3 is 5.97 Å². The molecule has 2 rings (SSSR count). The summed E-state index contributed by atoms with van der Waals surface area (Å²) < 4.78 is 7.05. The molecule has 0 aromatic carbocycles. The SMILES string of the molecule is CCOC(=O)CCCCCCCCCCCCCCCn1c(C)nc2nc(Cl)nc(Cl)c21. The maximum absolute atomic E-state index is 11.3. The number of aryl methyl sites for hydroxylation is 2. The third-order valence-electron chi connectivity index (χ3n) is 5.79. The molecule has 2 aromatic rings. The van der Waals surface area contributed by atoms with Crippen LogP contribution in [0.4, 0.5) is 0 Å². The highest BCUT2D eigenvalue weighted by Crippen LogP contribution is 2.24. The van der Waals surface area contributed by atoms with E-state index in [9.17, 15) is 4.79 Å². The van der Waals surface area contributed by atoms with Crippen LogP contribution in [-0.4, -0.2) is 32.1 Å². The summed E-state index contributed by atoms with van der Waals surface area (Å²) in [5.41, 5.74) is 1.36. The normalized spacial score (nSPS) is 11.4. The standard InChI is InChI=1S/C24H38Cl2N4O2/c1-3-32-20(31)17-15-13-11-9-7-5-4-6-8-10-12-14-16-18-30-19(2)27-23-21(30)22(25)28-24(26)29-23/h3-18H2,1-2H3. The summed E-state index contributed by atoms with van der Waals surface area (Å²) in [5, 5.41) is 0.510. The fraction of sp³-hybridized carbons (Fsp3) is 0.750. The van der Waals surface area contributed by atoms with Crippen LogP contribution in [0.25, 0.3) is 11.2 Å². The highest BCUT2D eigenvalue weighted by atomic mass is 35.5. The molecule has 2 heterocycles. The van der Waals surface area contributed by atoms with Gasteiger partial charge < -0.3 is 9.30 Å². The van der Waals surface area contributed by atoms with Gasteiger partial charge in [0.05, 0.1) is 6.61 Å². The molecule has 0 saturated carbocycles. The molecule has 0 aliphatic heterocycles. The number of unbranched alkanes of at least 4 members (excludes halogenated alkanes) is 12. The van der Waals surface area contributed by atoms with E-state index in [-0.39, 0.29) is 11.3 Å². The first kappa shape index (κ1) is 26.8. The van der Waals surface area contributed by atoms with Crippen LogP contribution in [0.5, 0.6) is 0 Å². The Morgan fingerprint density at radius 1 is 0.812 bits per heavy atom. The second-order valence-corrected chi connectivity index (χ2v) is 9.11. The van der Waals surface area contributed by atoms with Crippen molar-refractivity contribution in [2.24, 2.45) is 0 Å². The van der Waals surface area contributed by atoms with Crippen LogP contribution in [0.15, 0.2) is 0 Å². The number of aromatic nitrogens is 4. The quantitative estimate of drug-likeness (QED) is 0.101. The van der Waals surface area contributed by atoms with E-state index in [2.05, 4.69) is 19.5 Å². The molecule has 8 heteroatoms. The smallest absolute Gasteiger partial charge is 0.305 e. The minimum Gasteiger partial charge on any atom is -0.466 e. The monoisotopic (exact) mass is 484 g/mol. The van der Waals surface area contributed by atoms with Crippen LogP contribution in [0.2, 0.25) is 10.4 Å². The fourth-order valence-corrected chi connectivity index (χ4v) is 4.54. The molecule has 0 spiro atoms. The predicted molar refractivity (Wildman–Crippen MR) is 131 cm³/mol. The molecular formula is C24H38Cl2N4O2. The number of halogens is 2. The van der Waals surface area contributed by atoms with E-state index in [1.165, 1.54) is 64.2 Å². The lowest BCUT2D eigenvalue weighted by atomic mass is 10.0. The highest BCUT2D eigenvalue weighted by molar-refractivity contribution is 6.35. The lowest BCUT2D eigenvalue weighted by Gasteiger charge is -2.07. The molecule has 0 amide bonds. The van der Waals surface area contributed by atoms with E-state index in [1.54, 1.807) is 0 Å². The van der Waals surface area contributed by atoms with Crippen molar-refractivity contribution in [2.75, 3.05) is 6.61 Å². The zero-order valence-electron chi connectivity index (χ0n) is 19.7. The van der Waals surface area contributed by atoms with Crippen molar-refractivity contribution in [3.8, 4) is 0 Å². The topological polar surface area (TPSA) is 69.9 Å². The minimum absolute atomic E-state index is 0.0535. The Bertz CT molecular complexity index is 826. The number of imidazole rings is 1. The van der Waals surface area contributed by atoms with Gasteiger partial charge in [-0.25, -0.2) is 9.97 Å². The first-order valence-corrected chi connectivity index (χ1v) is 13.0. The van der Waals surface area contributed by atoms with Gasteiger partial charge in [0.25, 0.3) is 0 Å². The second-order valence-electron chi connectivity index (χ2n) is 8.42. The van der Waals surface area contributed by atoms with Crippen molar-refractivity contribution in [3.63, 3.8) is 0 Å². The molecule has 0 unspecified atom stereocenters. The Labute approximate surface area is 202 Å². The molecule has 0 aliphatic carbocycles. The summed E-state index contributed by atoms with van der Waals surface area (Å²) in [6, 6.07) is 0. The van der Waals surface area contributed by atoms with Crippen LogP contribution >= 0.6 is 23.2 Å². The minimum atomic E-state index is -0.0535. The largest absolute Gasteiger partial charge is 0.466 e. The average Bonchev–Trinajstić information content (AvgIpc) is 3.06. The van der Waals surface area contributed by atoms with E-state index in [0.29, 0.717) is 23.8 Å². The summed E-state index contributed by atoms with van der Waals surface area (Å²) >= 11 is 12.1. The molecule has 0 saturated heterocycles. The summed E-state index contributed by atoms with van der Waals surface area (Å²) in [6.07, 6.45) is 16.7. The van der Waals surface area contributed by atoms with Gasteiger partial charge in [-0.15, -0.1) is 0 Å². The van der Waals surface area contributed by atoms with Gasteiger partial charge in [0.2, 0.25) is 5.28 Å². The third-order valence-corrected chi connectivity index (χ3v) is 6.22. The molecular weight excluding hydrogens is 447 g/mol. The summed E-state index contributed by atoms with van der Waals surface area (Å²) in [5.74, 6) is 0.847. The van der Waals surface area contributed by atoms with Crippen molar-refractivity contribution in [1.29, 1.82) is 0 Å². The molecule has 0 radical (unpaired) electrons. The maximum Gasteiger partial charge on any atom is 0.305 e. The fourth-order valence-electron chi connectivity index (χ4n) is 4.07. The van der Waals surface area contributed by atoms with Crippen LogP contribution in [0.1, 0.15) is 103 Å². The van der Waals surface area contributed by atoms with Gasteiger partial charge in [0, 0.05) is 13.0 Å². The molecule has 6 nitrogen and oxygen atoms in total. The van der Waals surface area contributed by atoms with Gasteiger partial charge in [0.15, 0.2) is 10.8 Å². The zero-order chi connectivity index (χ0) is 23.2. The van der Waals surface area contributed by atoms with E-state index in [4.69, 9.17) is 27.9 Å². The number of fused-ring (bicyclic) bond motifs is 1.